The Morgan fingerprint density at radius 1 is 1.17 bits per heavy atom. The second-order valence-corrected chi connectivity index (χ2v) is 4.46. The van der Waals surface area contributed by atoms with Crippen molar-refractivity contribution < 1.29 is 0 Å². The van der Waals surface area contributed by atoms with Gasteiger partial charge < -0.3 is 0 Å². The maximum atomic E-state index is 2.39. The molecule has 0 heterocycles. The third-order valence-electron chi connectivity index (χ3n) is 3.93. The summed E-state index contributed by atoms with van der Waals surface area (Å²) in [7, 11) is 0. The van der Waals surface area contributed by atoms with E-state index in [1.54, 1.807) is 11.1 Å². The van der Waals surface area contributed by atoms with Crippen LogP contribution in [0.15, 0.2) is 11.1 Å². The van der Waals surface area contributed by atoms with Gasteiger partial charge in [-0.15, -0.1) is 0 Å². The zero-order chi connectivity index (χ0) is 9.30. The van der Waals surface area contributed by atoms with Crippen LogP contribution in [0.2, 0.25) is 0 Å². The molecule has 0 radical (unpaired) electrons. The number of rotatable bonds is 1. The van der Waals surface area contributed by atoms with Crippen molar-refractivity contribution in [1.82, 2.24) is 0 Å². The van der Waals surface area contributed by atoms with Crippen molar-refractivity contribution in [2.24, 2.45) is 17.8 Å². The van der Waals surface area contributed by atoms with E-state index in [-0.39, 0.29) is 0 Å². The SMILES string of the molecule is CCC1CC(C)C(C)=C(C)C1C. The van der Waals surface area contributed by atoms with Crippen molar-refractivity contribution in [3.63, 3.8) is 0 Å². The van der Waals surface area contributed by atoms with Gasteiger partial charge in [0.15, 0.2) is 0 Å². The molecule has 12 heavy (non-hydrogen) atoms. The monoisotopic (exact) mass is 166 g/mol. The molecule has 0 aliphatic heterocycles. The molecule has 1 aliphatic carbocycles. The van der Waals surface area contributed by atoms with Crippen LogP contribution in [0.1, 0.15) is 47.5 Å². The first-order valence-electron chi connectivity index (χ1n) is 5.25. The van der Waals surface area contributed by atoms with E-state index in [1.807, 2.05) is 0 Å². The van der Waals surface area contributed by atoms with E-state index in [0.717, 1.165) is 17.8 Å². The molecule has 0 nitrogen and oxygen atoms in total. The van der Waals surface area contributed by atoms with Crippen molar-refractivity contribution >= 4 is 0 Å². The molecule has 1 aliphatic rings. The molecular formula is C12H22. The molecule has 1 rings (SSSR count). The summed E-state index contributed by atoms with van der Waals surface area (Å²) in [6.07, 6.45) is 2.75. The van der Waals surface area contributed by atoms with Crippen LogP contribution in [0.4, 0.5) is 0 Å². The Kier molecular flexibility index (Phi) is 2.98. The van der Waals surface area contributed by atoms with Crippen LogP contribution in [0.25, 0.3) is 0 Å². The van der Waals surface area contributed by atoms with Gasteiger partial charge >= 0.3 is 0 Å². The smallest absolute Gasteiger partial charge is 0.0203 e. The van der Waals surface area contributed by atoms with Gasteiger partial charge in [-0.2, -0.15) is 0 Å². The summed E-state index contributed by atoms with van der Waals surface area (Å²) in [6, 6.07) is 0. The van der Waals surface area contributed by atoms with E-state index in [2.05, 4.69) is 34.6 Å². The van der Waals surface area contributed by atoms with Gasteiger partial charge in [0.1, 0.15) is 0 Å². The van der Waals surface area contributed by atoms with Crippen molar-refractivity contribution in [2.45, 2.75) is 47.5 Å². The van der Waals surface area contributed by atoms with E-state index < -0.39 is 0 Å². The van der Waals surface area contributed by atoms with Gasteiger partial charge in [-0.3, -0.25) is 0 Å². The van der Waals surface area contributed by atoms with Crippen molar-refractivity contribution in [3.8, 4) is 0 Å². The molecule has 0 bridgehead atoms. The van der Waals surface area contributed by atoms with Gasteiger partial charge in [-0.25, -0.2) is 0 Å². The van der Waals surface area contributed by atoms with E-state index >= 15 is 0 Å². The normalized spacial score (nSPS) is 37.2. The van der Waals surface area contributed by atoms with E-state index in [9.17, 15) is 0 Å². The molecule has 3 unspecified atom stereocenters. The van der Waals surface area contributed by atoms with E-state index in [4.69, 9.17) is 0 Å². The predicted molar refractivity (Wildman–Crippen MR) is 55.1 cm³/mol. The lowest BCUT2D eigenvalue weighted by Gasteiger charge is -2.34. The Hall–Kier alpha value is -0.260. The highest BCUT2D eigenvalue weighted by molar-refractivity contribution is 5.19. The third kappa shape index (κ3) is 1.57. The average molecular weight is 166 g/mol. The molecule has 3 atom stereocenters. The largest absolute Gasteiger partial charge is 0.0713 e. The van der Waals surface area contributed by atoms with Crippen LogP contribution in [-0.4, -0.2) is 0 Å². The zero-order valence-electron chi connectivity index (χ0n) is 9.15. The quantitative estimate of drug-likeness (QED) is 0.516. The third-order valence-corrected chi connectivity index (χ3v) is 3.93. The fraction of sp³-hybridized carbons (Fsp3) is 0.833. The summed E-state index contributed by atoms with van der Waals surface area (Å²) in [5, 5.41) is 0. The van der Waals surface area contributed by atoms with Crippen LogP contribution < -0.4 is 0 Å². The second-order valence-electron chi connectivity index (χ2n) is 4.46. The Balaban J connectivity index is 2.85. The lowest BCUT2D eigenvalue weighted by atomic mass is 9.71. The number of hydrogen-bond acceptors (Lipinski definition) is 0. The summed E-state index contributed by atoms with van der Waals surface area (Å²) < 4.78 is 0. The van der Waals surface area contributed by atoms with Gasteiger partial charge in [0, 0.05) is 0 Å². The molecule has 70 valence electrons. The zero-order valence-corrected chi connectivity index (χ0v) is 9.15. The molecule has 0 fully saturated rings. The van der Waals surface area contributed by atoms with Gasteiger partial charge in [-0.05, 0) is 38.0 Å². The van der Waals surface area contributed by atoms with E-state index in [0.29, 0.717) is 0 Å². The van der Waals surface area contributed by atoms with Gasteiger partial charge in [-0.1, -0.05) is 38.3 Å². The van der Waals surface area contributed by atoms with Crippen molar-refractivity contribution in [3.05, 3.63) is 11.1 Å². The minimum atomic E-state index is 0.825. The summed E-state index contributed by atoms with van der Waals surface area (Å²) in [4.78, 5) is 0. The second kappa shape index (κ2) is 3.64. The maximum Gasteiger partial charge on any atom is -0.0203 e. The van der Waals surface area contributed by atoms with Crippen LogP contribution >= 0.6 is 0 Å². The Bertz CT molecular complexity index is 188. The molecule has 0 amide bonds. The Labute approximate surface area is 77.1 Å². The molecular weight excluding hydrogens is 144 g/mol. The van der Waals surface area contributed by atoms with Crippen LogP contribution in [0, 0.1) is 17.8 Å². The predicted octanol–water partition coefficient (Wildman–Crippen LogP) is 4.02. The molecule has 0 N–H and O–H groups in total. The molecule has 0 aromatic carbocycles. The van der Waals surface area contributed by atoms with Crippen LogP contribution in [-0.2, 0) is 0 Å². The first kappa shape index (κ1) is 9.83. The Morgan fingerprint density at radius 3 is 2.25 bits per heavy atom. The van der Waals surface area contributed by atoms with Gasteiger partial charge in [0.25, 0.3) is 0 Å². The van der Waals surface area contributed by atoms with Crippen molar-refractivity contribution in [2.75, 3.05) is 0 Å². The maximum absolute atomic E-state index is 2.39. The fourth-order valence-corrected chi connectivity index (χ4v) is 2.46. The Morgan fingerprint density at radius 2 is 1.75 bits per heavy atom. The minimum Gasteiger partial charge on any atom is -0.0713 e. The topological polar surface area (TPSA) is 0 Å². The van der Waals surface area contributed by atoms with Crippen molar-refractivity contribution in [1.29, 1.82) is 0 Å². The molecule has 0 aromatic heterocycles. The minimum absolute atomic E-state index is 0.825. The highest BCUT2D eigenvalue weighted by Gasteiger charge is 2.26. The average Bonchev–Trinajstić information content (AvgIpc) is 2.08. The van der Waals surface area contributed by atoms with E-state index in [1.165, 1.54) is 12.8 Å². The standard InChI is InChI=1S/C12H22/c1-6-12-7-8(2)9(3)10(4)11(12)5/h8,11-12H,6-7H2,1-5H3. The molecule has 0 saturated carbocycles. The summed E-state index contributed by atoms with van der Waals surface area (Å²) >= 11 is 0. The molecule has 0 saturated heterocycles. The van der Waals surface area contributed by atoms with Crippen LogP contribution in [0.5, 0.6) is 0 Å². The number of allylic oxidation sites excluding steroid dienone is 2. The summed E-state index contributed by atoms with van der Waals surface area (Å²) in [5.41, 5.74) is 3.30. The molecule has 0 aromatic rings. The number of hydrogen-bond donors (Lipinski definition) is 0. The molecule has 0 heteroatoms. The van der Waals surface area contributed by atoms with Crippen LogP contribution in [0.3, 0.4) is 0 Å². The summed E-state index contributed by atoms with van der Waals surface area (Å²) in [5.74, 6) is 2.58. The van der Waals surface area contributed by atoms with Gasteiger partial charge in [0.05, 0.1) is 0 Å². The highest BCUT2D eigenvalue weighted by Crippen LogP contribution is 2.38. The fourth-order valence-electron chi connectivity index (χ4n) is 2.46. The van der Waals surface area contributed by atoms with Gasteiger partial charge in [0.2, 0.25) is 0 Å². The highest BCUT2D eigenvalue weighted by atomic mass is 14.3. The first-order chi connectivity index (χ1) is 5.57. The lowest BCUT2D eigenvalue weighted by molar-refractivity contribution is 0.299. The molecule has 0 spiro atoms. The first-order valence-corrected chi connectivity index (χ1v) is 5.25. The lowest BCUT2D eigenvalue weighted by Crippen LogP contribution is -2.22. The summed E-state index contributed by atoms with van der Waals surface area (Å²) in [6.45, 7) is 11.7.